The van der Waals surface area contributed by atoms with E-state index >= 15 is 0 Å². The van der Waals surface area contributed by atoms with Crippen LogP contribution in [-0.4, -0.2) is 10.5 Å². The van der Waals surface area contributed by atoms with E-state index in [9.17, 15) is 27.2 Å². The third kappa shape index (κ3) is 4.92. The summed E-state index contributed by atoms with van der Waals surface area (Å²) in [5.41, 5.74) is -1.81. The highest BCUT2D eigenvalue weighted by atomic mass is 79.9. The summed E-state index contributed by atoms with van der Waals surface area (Å²) in [5, 5.41) is 2.21. The Morgan fingerprint density at radius 2 is 1.76 bits per heavy atom. The number of anilines is 1. The minimum absolute atomic E-state index is 0.210. The standard InChI is InChI=1S/C20H13BrF4N2O2/c21-13-5-3-12(4-6-13)11-27-9-1-2-15(19(27)29)18(28)26-14-7-8-17(22)16(10-14)20(23,24)25/h1-10H,11H2,(H,26,28). The summed E-state index contributed by atoms with van der Waals surface area (Å²) in [4.78, 5) is 25.0. The predicted molar refractivity (Wildman–Crippen MR) is 103 cm³/mol. The molecule has 0 unspecified atom stereocenters. The number of hydrogen-bond donors (Lipinski definition) is 1. The van der Waals surface area contributed by atoms with Gasteiger partial charge in [-0.25, -0.2) is 4.39 Å². The average molecular weight is 469 g/mol. The smallest absolute Gasteiger partial charge is 0.322 e. The second-order valence-corrected chi connectivity index (χ2v) is 7.04. The van der Waals surface area contributed by atoms with Crippen LogP contribution in [0.2, 0.25) is 0 Å². The highest BCUT2D eigenvalue weighted by Crippen LogP contribution is 2.33. The molecule has 2 aromatic carbocycles. The highest BCUT2D eigenvalue weighted by Gasteiger charge is 2.34. The number of hydrogen-bond acceptors (Lipinski definition) is 2. The molecule has 0 saturated heterocycles. The number of halogens is 5. The quantitative estimate of drug-likeness (QED) is 0.543. The maximum Gasteiger partial charge on any atom is 0.419 e. The Balaban J connectivity index is 1.85. The molecule has 29 heavy (non-hydrogen) atoms. The van der Waals surface area contributed by atoms with Crippen LogP contribution in [0.15, 0.2) is 70.1 Å². The van der Waals surface area contributed by atoms with Gasteiger partial charge in [-0.3, -0.25) is 9.59 Å². The lowest BCUT2D eigenvalue weighted by molar-refractivity contribution is -0.139. The molecule has 0 saturated carbocycles. The van der Waals surface area contributed by atoms with Gasteiger partial charge in [0.1, 0.15) is 11.4 Å². The van der Waals surface area contributed by atoms with Gasteiger partial charge in [0.25, 0.3) is 11.5 Å². The van der Waals surface area contributed by atoms with E-state index < -0.39 is 29.0 Å². The number of benzene rings is 2. The number of rotatable bonds is 4. The Labute approximate surface area is 170 Å². The van der Waals surface area contributed by atoms with Gasteiger partial charge in [0.05, 0.1) is 12.1 Å². The van der Waals surface area contributed by atoms with Crippen LogP contribution in [0.1, 0.15) is 21.5 Å². The second kappa shape index (κ2) is 8.20. The van der Waals surface area contributed by atoms with Crippen molar-refractivity contribution >= 4 is 27.5 Å². The van der Waals surface area contributed by atoms with E-state index in [2.05, 4.69) is 21.2 Å². The van der Waals surface area contributed by atoms with Gasteiger partial charge >= 0.3 is 6.18 Å². The Hall–Kier alpha value is -2.94. The molecule has 1 aromatic heterocycles. The van der Waals surface area contributed by atoms with Gasteiger partial charge < -0.3 is 9.88 Å². The molecule has 1 N–H and O–H groups in total. The van der Waals surface area contributed by atoms with Crippen molar-refractivity contribution in [1.29, 1.82) is 0 Å². The molecule has 0 aliphatic carbocycles. The molecule has 1 amide bonds. The van der Waals surface area contributed by atoms with Crippen molar-refractivity contribution in [1.82, 2.24) is 4.57 Å². The van der Waals surface area contributed by atoms with Crippen LogP contribution in [0.5, 0.6) is 0 Å². The first-order valence-electron chi connectivity index (χ1n) is 8.27. The lowest BCUT2D eigenvalue weighted by Crippen LogP contribution is -2.29. The van der Waals surface area contributed by atoms with Gasteiger partial charge in [0.2, 0.25) is 0 Å². The maximum atomic E-state index is 13.4. The molecule has 3 rings (SSSR count). The fourth-order valence-corrected chi connectivity index (χ4v) is 2.90. The highest BCUT2D eigenvalue weighted by molar-refractivity contribution is 9.10. The molecular weight excluding hydrogens is 456 g/mol. The first-order valence-corrected chi connectivity index (χ1v) is 9.06. The molecule has 9 heteroatoms. The van der Waals surface area contributed by atoms with Crippen LogP contribution in [0.25, 0.3) is 0 Å². The lowest BCUT2D eigenvalue weighted by Gasteiger charge is -2.12. The lowest BCUT2D eigenvalue weighted by atomic mass is 10.1. The molecule has 0 aliphatic rings. The van der Waals surface area contributed by atoms with E-state index in [-0.39, 0.29) is 17.8 Å². The van der Waals surface area contributed by atoms with Crippen LogP contribution in [0.3, 0.4) is 0 Å². The summed E-state index contributed by atoms with van der Waals surface area (Å²) < 4.78 is 54.1. The van der Waals surface area contributed by atoms with Crippen LogP contribution in [0, 0.1) is 5.82 Å². The maximum absolute atomic E-state index is 13.4. The molecule has 0 radical (unpaired) electrons. The monoisotopic (exact) mass is 468 g/mol. The van der Waals surface area contributed by atoms with Crippen molar-refractivity contribution in [2.24, 2.45) is 0 Å². The zero-order valence-corrected chi connectivity index (χ0v) is 16.2. The van der Waals surface area contributed by atoms with Crippen LogP contribution in [-0.2, 0) is 12.7 Å². The van der Waals surface area contributed by atoms with Gasteiger partial charge in [0.15, 0.2) is 0 Å². The molecule has 150 valence electrons. The van der Waals surface area contributed by atoms with E-state index in [1.54, 1.807) is 12.1 Å². The zero-order chi connectivity index (χ0) is 21.2. The van der Waals surface area contributed by atoms with Crippen molar-refractivity contribution in [2.45, 2.75) is 12.7 Å². The Kier molecular flexibility index (Phi) is 5.88. The number of aromatic nitrogens is 1. The number of nitrogens with one attached hydrogen (secondary N) is 1. The first-order chi connectivity index (χ1) is 13.6. The normalized spacial score (nSPS) is 11.3. The van der Waals surface area contributed by atoms with Gasteiger partial charge in [-0.1, -0.05) is 28.1 Å². The minimum atomic E-state index is -4.91. The molecular formula is C20H13BrF4N2O2. The summed E-state index contributed by atoms with van der Waals surface area (Å²) in [5.74, 6) is -2.34. The number of carbonyl (C=O) groups excluding carboxylic acids is 1. The van der Waals surface area contributed by atoms with E-state index in [0.29, 0.717) is 12.1 Å². The fourth-order valence-electron chi connectivity index (χ4n) is 2.64. The van der Waals surface area contributed by atoms with E-state index in [4.69, 9.17) is 0 Å². The molecule has 1 heterocycles. The summed E-state index contributed by atoms with van der Waals surface area (Å²) in [7, 11) is 0. The second-order valence-electron chi connectivity index (χ2n) is 6.13. The largest absolute Gasteiger partial charge is 0.419 e. The van der Waals surface area contributed by atoms with E-state index in [1.165, 1.54) is 22.9 Å². The molecule has 3 aromatic rings. The van der Waals surface area contributed by atoms with Gasteiger partial charge in [-0.2, -0.15) is 13.2 Å². The van der Waals surface area contributed by atoms with Crippen LogP contribution < -0.4 is 10.9 Å². The van der Waals surface area contributed by atoms with Gasteiger partial charge in [-0.15, -0.1) is 0 Å². The Bertz CT molecular complexity index is 1110. The third-order valence-corrected chi connectivity index (χ3v) is 4.59. The SMILES string of the molecule is O=C(Nc1ccc(F)c(C(F)(F)F)c1)c1cccn(Cc2ccc(Br)cc2)c1=O. The van der Waals surface area contributed by atoms with Crippen molar-refractivity contribution in [3.05, 3.63) is 98.1 Å². The minimum Gasteiger partial charge on any atom is -0.322 e. The predicted octanol–water partition coefficient (Wildman–Crippen LogP) is 5.07. The summed E-state index contributed by atoms with van der Waals surface area (Å²) in [6.45, 7) is 0.210. The van der Waals surface area contributed by atoms with Crippen LogP contribution >= 0.6 is 15.9 Å². The van der Waals surface area contributed by atoms with Crippen molar-refractivity contribution in [2.75, 3.05) is 5.32 Å². The number of pyridine rings is 1. The molecule has 0 aliphatic heterocycles. The van der Waals surface area contributed by atoms with Crippen molar-refractivity contribution in [3.63, 3.8) is 0 Å². The Morgan fingerprint density at radius 3 is 2.41 bits per heavy atom. The van der Waals surface area contributed by atoms with Crippen molar-refractivity contribution in [3.8, 4) is 0 Å². The van der Waals surface area contributed by atoms with E-state index in [1.807, 2.05) is 12.1 Å². The fraction of sp³-hybridized carbons (Fsp3) is 0.100. The Morgan fingerprint density at radius 1 is 1.07 bits per heavy atom. The number of alkyl halides is 3. The van der Waals surface area contributed by atoms with Gasteiger partial charge in [0, 0.05) is 16.4 Å². The molecule has 0 atom stereocenters. The molecule has 0 bridgehead atoms. The number of carbonyl (C=O) groups is 1. The third-order valence-electron chi connectivity index (χ3n) is 4.06. The summed E-state index contributed by atoms with van der Waals surface area (Å²) in [6.07, 6.45) is -3.41. The van der Waals surface area contributed by atoms with Crippen molar-refractivity contribution < 1.29 is 22.4 Å². The summed E-state index contributed by atoms with van der Waals surface area (Å²) >= 11 is 3.31. The van der Waals surface area contributed by atoms with E-state index in [0.717, 1.165) is 16.1 Å². The molecule has 4 nitrogen and oxygen atoms in total. The summed E-state index contributed by atoms with van der Waals surface area (Å²) in [6, 6.07) is 12.1. The average Bonchev–Trinajstić information content (AvgIpc) is 2.65. The van der Waals surface area contributed by atoms with Crippen LogP contribution in [0.4, 0.5) is 23.2 Å². The van der Waals surface area contributed by atoms with Gasteiger partial charge in [-0.05, 0) is 48.0 Å². The first kappa shape index (κ1) is 20.8. The molecule has 0 spiro atoms. The molecule has 0 fully saturated rings. The number of amides is 1. The topological polar surface area (TPSA) is 51.1 Å². The number of nitrogens with zero attached hydrogens (tertiary/aromatic N) is 1. The zero-order valence-electron chi connectivity index (χ0n) is 14.6.